The Morgan fingerprint density at radius 2 is 1.12 bits per heavy atom. The Balaban J connectivity index is -0.000000287. The number of esters is 1. The van der Waals surface area contributed by atoms with E-state index >= 15 is 0 Å². The number of unbranched alkanes of at least 4 members (excludes halogenated alkanes) is 10. The molecule has 0 aromatic carbocycles. The molecule has 228 valence electrons. The van der Waals surface area contributed by atoms with Crippen LogP contribution in [-0.4, -0.2) is 44.6 Å². The van der Waals surface area contributed by atoms with Crippen LogP contribution in [0.3, 0.4) is 0 Å². The molecule has 40 heavy (non-hydrogen) atoms. The summed E-state index contributed by atoms with van der Waals surface area (Å²) in [5.74, 6) is -2.94. The van der Waals surface area contributed by atoms with Crippen LogP contribution in [-0.2, 0) is 37.9 Å². The molecule has 0 unspecified atom stereocenters. The summed E-state index contributed by atoms with van der Waals surface area (Å²) < 4.78 is 36.6. The molecule has 0 saturated heterocycles. The van der Waals surface area contributed by atoms with Crippen molar-refractivity contribution >= 4 is 28.3 Å². The Kier molecular flexibility index (Phi) is 34.6. The van der Waals surface area contributed by atoms with Crippen molar-refractivity contribution in [2.24, 2.45) is 0 Å². The summed E-state index contributed by atoms with van der Waals surface area (Å²) in [7, 11) is -3.76. The fraction of sp³-hybridized carbons (Fsp3) is 0.679. The van der Waals surface area contributed by atoms with Crippen molar-refractivity contribution in [2.45, 2.75) is 112 Å². The fourth-order valence-electron chi connectivity index (χ4n) is 2.38. The Labute approximate surface area is 263 Å². The van der Waals surface area contributed by atoms with Crippen LogP contribution in [0.15, 0.2) is 36.1 Å². The molecule has 0 atom stereocenters. The Hall–Kier alpha value is -1.50. The number of hydrogen-bond acceptors (Lipinski definition) is 9. The van der Waals surface area contributed by atoms with Gasteiger partial charge in [0.05, 0.1) is 24.8 Å². The maximum atomic E-state index is 11.3. The van der Waals surface area contributed by atoms with Crippen LogP contribution in [0.5, 0.6) is 0 Å². The van der Waals surface area contributed by atoms with Gasteiger partial charge in [-0.2, -0.15) is 8.42 Å². The van der Waals surface area contributed by atoms with Crippen LogP contribution in [0, 0.1) is 0 Å². The van der Waals surface area contributed by atoms with Crippen molar-refractivity contribution in [3.8, 4) is 0 Å². The van der Waals surface area contributed by atoms with Gasteiger partial charge in [0.25, 0.3) is 0 Å². The molecule has 0 saturated carbocycles. The van der Waals surface area contributed by atoms with Gasteiger partial charge in [0.15, 0.2) is 0 Å². The molecule has 0 aromatic rings. The molecule has 0 amide bonds. The van der Waals surface area contributed by atoms with E-state index in [9.17, 15) is 27.9 Å². The van der Waals surface area contributed by atoms with Gasteiger partial charge in [-0.1, -0.05) is 91.2 Å². The van der Waals surface area contributed by atoms with Crippen LogP contribution in [0.1, 0.15) is 112 Å². The number of aliphatic carboxylic acids is 2. The summed E-state index contributed by atoms with van der Waals surface area (Å²) >= 11 is 0. The summed E-state index contributed by atoms with van der Waals surface area (Å²) in [5.41, 5.74) is 0.254. The monoisotopic (exact) mass is 600 g/mol. The molecule has 0 aliphatic carbocycles. The van der Waals surface area contributed by atoms with Crippen molar-refractivity contribution in [1.29, 1.82) is 0 Å². The smallest absolute Gasteiger partial charge is 0.545 e. The molecule has 0 spiro atoms. The summed E-state index contributed by atoms with van der Waals surface area (Å²) in [6.45, 7) is 15.3. The maximum Gasteiger partial charge on any atom is 1.00 e. The second-order valence-corrected chi connectivity index (χ2v) is 10.2. The van der Waals surface area contributed by atoms with Crippen LogP contribution in [0.2, 0.25) is 0 Å². The molecule has 12 heteroatoms. The summed E-state index contributed by atoms with van der Waals surface area (Å²) in [6, 6.07) is 0. The average Bonchev–Trinajstić information content (AvgIpc) is 2.86. The van der Waals surface area contributed by atoms with Crippen molar-refractivity contribution in [3.63, 3.8) is 0 Å². The van der Waals surface area contributed by atoms with Gasteiger partial charge in [0, 0.05) is 5.57 Å². The molecule has 1 N–H and O–H groups in total. The van der Waals surface area contributed by atoms with E-state index in [1.54, 1.807) is 0 Å². The first-order valence-corrected chi connectivity index (χ1v) is 14.7. The Morgan fingerprint density at radius 1 is 0.750 bits per heavy atom. The number of carbonyl (C=O) groups excluding carboxylic acids is 2. The number of rotatable bonds is 20. The Morgan fingerprint density at radius 3 is 1.48 bits per heavy atom. The van der Waals surface area contributed by atoms with E-state index in [0.29, 0.717) is 0 Å². The van der Waals surface area contributed by atoms with Gasteiger partial charge in [0.1, 0.15) is 6.26 Å². The van der Waals surface area contributed by atoms with Gasteiger partial charge >= 0.3 is 51.9 Å². The third kappa shape index (κ3) is 36.5. The summed E-state index contributed by atoms with van der Waals surface area (Å²) in [5, 5.41) is 17.8. The van der Waals surface area contributed by atoms with Gasteiger partial charge in [-0.15, -0.1) is 0 Å². The third-order valence-corrected chi connectivity index (χ3v) is 5.74. The molecule has 0 bridgehead atoms. The van der Waals surface area contributed by atoms with E-state index in [1.807, 2.05) is 6.92 Å². The third-order valence-electron chi connectivity index (χ3n) is 4.83. The molecule has 0 rings (SSSR count). The van der Waals surface area contributed by atoms with Crippen LogP contribution in [0.25, 0.3) is 0 Å². The van der Waals surface area contributed by atoms with E-state index in [2.05, 4.69) is 24.8 Å². The topological polar surface area (TPSA) is 156 Å². The first-order chi connectivity index (χ1) is 18.2. The Bertz CT molecular complexity index is 839. The van der Waals surface area contributed by atoms with Crippen LogP contribution < -0.4 is 34.7 Å². The van der Waals surface area contributed by atoms with E-state index in [0.717, 1.165) is 38.4 Å². The molecule has 0 radical (unpaired) electrons. The zero-order valence-corrected chi connectivity index (χ0v) is 28.2. The molecular weight excluding hydrogens is 551 g/mol. The first kappa shape index (κ1) is 45.5. The second kappa shape index (κ2) is 30.5. The molecular formula is C28H49NaO10S. The van der Waals surface area contributed by atoms with Crippen LogP contribution in [0.4, 0.5) is 0 Å². The minimum atomic E-state index is -3.76. The van der Waals surface area contributed by atoms with E-state index in [1.165, 1.54) is 65.7 Å². The number of carbonyl (C=O) groups is 3. The van der Waals surface area contributed by atoms with Crippen molar-refractivity contribution in [3.05, 3.63) is 36.1 Å². The first-order valence-electron chi connectivity index (χ1n) is 13.4. The second-order valence-electron chi connectivity index (χ2n) is 8.95. The van der Waals surface area contributed by atoms with Gasteiger partial charge in [0.2, 0.25) is 0 Å². The number of carboxylic acids is 2. The predicted octanol–water partition coefficient (Wildman–Crippen LogP) is 2.40. The summed E-state index contributed by atoms with van der Waals surface area (Å²) in [6.07, 6.45) is 14.7. The van der Waals surface area contributed by atoms with Gasteiger partial charge in [-0.05, 0) is 39.2 Å². The normalized spacial score (nSPS) is 10.6. The standard InChI is InChI=1S/C16H34O4S.C8H10O4.C4H6O2.Na/c1-3-5-7-8-9-10-11-12-13-14-16-20-21(17,18)19-15-6-4-2;1-5(2)8(11)12-4-6(3)7(9)10;1-3(2)4(5)6;/h3-16H2,1-2H3;4H,1H2,2-3H3,(H,9,10);1H2,2H3,(H,5,6);/q;;;+1/p-1. The number of hydrogen-bond donors (Lipinski definition) is 1. The van der Waals surface area contributed by atoms with Crippen molar-refractivity contribution in [1.82, 2.24) is 0 Å². The largest absolute Gasteiger partial charge is 1.00 e. The van der Waals surface area contributed by atoms with E-state index < -0.39 is 28.3 Å². The van der Waals surface area contributed by atoms with E-state index in [-0.39, 0.29) is 59.5 Å². The maximum absolute atomic E-state index is 11.3. The minimum Gasteiger partial charge on any atom is -0.545 e. The predicted molar refractivity (Wildman–Crippen MR) is 150 cm³/mol. The molecule has 0 aliphatic rings. The zero-order chi connectivity index (χ0) is 30.7. The van der Waals surface area contributed by atoms with Crippen molar-refractivity contribution < 1.29 is 75.7 Å². The fourth-order valence-corrected chi connectivity index (χ4v) is 3.09. The molecule has 0 aromatic heterocycles. The summed E-state index contributed by atoms with van der Waals surface area (Å²) in [4.78, 5) is 30.4. The zero-order valence-electron chi connectivity index (χ0n) is 25.4. The van der Waals surface area contributed by atoms with Gasteiger partial charge < -0.3 is 19.7 Å². The number of ether oxygens (including phenoxy) is 1. The van der Waals surface area contributed by atoms with E-state index in [4.69, 9.17) is 13.5 Å². The quantitative estimate of drug-likeness (QED) is 0.0724. The van der Waals surface area contributed by atoms with Crippen LogP contribution >= 0.6 is 0 Å². The average molecular weight is 601 g/mol. The molecule has 10 nitrogen and oxygen atoms in total. The molecule has 0 aliphatic heterocycles. The van der Waals surface area contributed by atoms with Crippen molar-refractivity contribution in [2.75, 3.05) is 13.2 Å². The molecule has 0 fully saturated rings. The minimum absolute atomic E-state index is 0. The van der Waals surface area contributed by atoms with Gasteiger partial charge in [-0.3, -0.25) is 0 Å². The molecule has 0 heterocycles. The SMILES string of the molecule is C=C(C)C(=O)OC=C(C)C(=O)O.C=C(C)C(=O)[O-].CCCCCCCCCCCCOS(=O)(=O)OCCCC.[Na+]. The van der Waals surface area contributed by atoms with Gasteiger partial charge in [-0.25, -0.2) is 18.0 Å². The number of carboxylic acid groups (broad SMARTS) is 2.